The van der Waals surface area contributed by atoms with E-state index in [-0.39, 0.29) is 0 Å². The monoisotopic (exact) mass is 170 g/mol. The molecule has 0 aromatic carbocycles. The summed E-state index contributed by atoms with van der Waals surface area (Å²) in [5, 5.41) is 0. The van der Waals surface area contributed by atoms with Crippen LogP contribution in [0.25, 0.3) is 0 Å². The predicted molar refractivity (Wildman–Crippen MR) is 12.9 cm³/mol. The van der Waals surface area contributed by atoms with Crippen LogP contribution in [0.5, 0.6) is 0 Å². The van der Waals surface area contributed by atoms with Gasteiger partial charge in [-0.15, -0.1) is 0 Å². The van der Waals surface area contributed by atoms with Crippen LogP contribution in [-0.4, -0.2) is 5.97 Å². The Kier molecular flexibility index (Phi) is 3.97. The van der Waals surface area contributed by atoms with Gasteiger partial charge in [0.05, 0.1) is 3.98 Å². The molecule has 0 radical (unpaired) electrons. The van der Waals surface area contributed by atoms with Crippen LogP contribution in [0, 0.1) is 15.5 Å². The molecule has 0 unspecified atom stereocenters. The van der Waals surface area contributed by atoms with Gasteiger partial charge in [0, 0.05) is 6.92 Å². The van der Waals surface area contributed by atoms with E-state index in [1.807, 2.05) is 0 Å². The molecular formula is C2H3BrO4. The zero-order valence-corrected chi connectivity index (χ0v) is 5.10. The lowest BCUT2D eigenvalue weighted by Crippen LogP contribution is -2.07. The van der Waals surface area contributed by atoms with Gasteiger partial charge in [-0.1, -0.05) is 0 Å². The molecule has 0 aromatic rings. The third-order valence-electron chi connectivity index (χ3n) is 0.175. The SMILES string of the molecule is CC(=O)OO[Br+][O-]. The Labute approximate surface area is 47.1 Å². The van der Waals surface area contributed by atoms with E-state index in [1.165, 1.54) is 0 Å². The van der Waals surface area contributed by atoms with Crippen LogP contribution in [0.4, 0.5) is 0 Å². The Morgan fingerprint density at radius 3 is 2.57 bits per heavy atom. The van der Waals surface area contributed by atoms with Gasteiger partial charge in [-0.25, -0.2) is 4.79 Å². The maximum Gasteiger partial charge on any atom is 0.469 e. The normalized spacial score (nSPS) is 8.29. The predicted octanol–water partition coefficient (Wildman–Crippen LogP) is -1.24. The van der Waals surface area contributed by atoms with E-state index in [2.05, 4.69) is 8.87 Å². The molecule has 0 bridgehead atoms. The molecule has 0 atom stereocenters. The van der Waals surface area contributed by atoms with E-state index >= 15 is 0 Å². The van der Waals surface area contributed by atoms with Gasteiger partial charge in [-0.05, 0) is 0 Å². The second-order valence-electron chi connectivity index (χ2n) is 0.701. The number of halogens is 1. The van der Waals surface area contributed by atoms with E-state index < -0.39 is 21.5 Å². The summed E-state index contributed by atoms with van der Waals surface area (Å²) in [6.07, 6.45) is 0. The second kappa shape index (κ2) is 4.04. The lowest BCUT2D eigenvalue weighted by molar-refractivity contribution is -1.29. The first kappa shape index (κ1) is 6.87. The first-order chi connectivity index (χ1) is 3.27. The molecule has 0 aliphatic carbocycles. The molecule has 0 heterocycles. The Morgan fingerprint density at radius 1 is 1.86 bits per heavy atom. The molecule has 7 heavy (non-hydrogen) atoms. The molecule has 0 spiro atoms. The molecule has 0 saturated heterocycles. The zero-order chi connectivity index (χ0) is 5.70. The zero-order valence-electron chi connectivity index (χ0n) is 3.51. The van der Waals surface area contributed by atoms with Gasteiger partial charge in [-0.2, -0.15) is 0 Å². The minimum Gasteiger partial charge on any atom is -0.548 e. The average Bonchev–Trinajstić information content (AvgIpc) is 1.61. The molecular weight excluding hydrogens is 168 g/mol. The Hall–Kier alpha value is -0.130. The second-order valence-corrected chi connectivity index (χ2v) is 1.23. The smallest absolute Gasteiger partial charge is 0.469 e. The summed E-state index contributed by atoms with van der Waals surface area (Å²) in [7, 11) is 0. The number of hydrogen-bond donors (Lipinski definition) is 0. The topological polar surface area (TPSA) is 58.6 Å². The summed E-state index contributed by atoms with van der Waals surface area (Å²) < 4.78 is 13.1. The summed E-state index contributed by atoms with van der Waals surface area (Å²) in [6.45, 7) is 1.15. The highest BCUT2D eigenvalue weighted by molar-refractivity contribution is 5.65. The van der Waals surface area contributed by atoms with Gasteiger partial charge < -0.3 is 4.20 Å². The molecule has 0 N–H and O–H groups in total. The van der Waals surface area contributed by atoms with Crippen molar-refractivity contribution >= 4 is 5.97 Å². The van der Waals surface area contributed by atoms with Crippen LogP contribution >= 0.6 is 0 Å². The lowest BCUT2D eigenvalue weighted by atomic mass is 10.9. The van der Waals surface area contributed by atoms with Crippen LogP contribution in [0.2, 0.25) is 0 Å². The maximum atomic E-state index is 9.72. The highest BCUT2D eigenvalue weighted by atomic mass is 79.9. The summed E-state index contributed by atoms with van der Waals surface area (Å²) >= 11 is -1.07. The fourth-order valence-electron chi connectivity index (χ4n) is 0.0572. The van der Waals surface area contributed by atoms with Crippen molar-refractivity contribution in [3.05, 3.63) is 0 Å². The molecule has 5 heteroatoms. The molecule has 0 aliphatic rings. The van der Waals surface area contributed by atoms with Gasteiger partial charge in [0.25, 0.3) is 0 Å². The van der Waals surface area contributed by atoms with Gasteiger partial charge in [0.15, 0.2) is 0 Å². The first-order valence-electron chi connectivity index (χ1n) is 1.38. The molecule has 0 rings (SSSR count). The van der Waals surface area contributed by atoms with E-state index in [1.54, 1.807) is 0 Å². The first-order valence-corrected chi connectivity index (χ1v) is 2.68. The van der Waals surface area contributed by atoms with E-state index in [0.717, 1.165) is 6.92 Å². The molecule has 0 saturated carbocycles. The van der Waals surface area contributed by atoms with Crippen molar-refractivity contribution in [1.82, 2.24) is 0 Å². The van der Waals surface area contributed by atoms with Gasteiger partial charge in [0.2, 0.25) is 0 Å². The lowest BCUT2D eigenvalue weighted by Gasteiger charge is -1.82. The van der Waals surface area contributed by atoms with Crippen LogP contribution in [-0.2, 0) is 13.7 Å². The number of carbonyl (C=O) groups excluding carboxylic acids is 1. The average molecular weight is 171 g/mol. The molecule has 0 amide bonds. The Morgan fingerprint density at radius 2 is 2.43 bits per heavy atom. The minimum absolute atomic E-state index is 0.607. The quantitative estimate of drug-likeness (QED) is 0.385. The molecule has 0 aliphatic heterocycles. The van der Waals surface area contributed by atoms with Crippen molar-refractivity contribution in [2.45, 2.75) is 6.92 Å². The molecule has 4 nitrogen and oxygen atoms in total. The van der Waals surface area contributed by atoms with Crippen molar-refractivity contribution in [2.24, 2.45) is 0 Å². The van der Waals surface area contributed by atoms with Crippen molar-refractivity contribution < 1.29 is 33.4 Å². The molecule has 0 aromatic heterocycles. The van der Waals surface area contributed by atoms with E-state index in [0.29, 0.717) is 0 Å². The summed E-state index contributed by atoms with van der Waals surface area (Å²) in [5.74, 6) is -0.607. The fourth-order valence-corrected chi connectivity index (χ4v) is 0.297. The number of carbonyl (C=O) groups is 1. The summed E-state index contributed by atoms with van der Waals surface area (Å²) in [5.41, 5.74) is 0. The fraction of sp³-hybridized carbons (Fsp3) is 0.500. The Bertz CT molecular complexity index is 62.7. The van der Waals surface area contributed by atoms with Crippen LogP contribution < -0.4 is 4.20 Å². The number of hydrogen-bond acceptors (Lipinski definition) is 4. The standard InChI is InChI=1S/C2H3BrO4/c1-2(4)6-7-3-5/h1H3. The van der Waals surface area contributed by atoms with Crippen molar-refractivity contribution in [2.75, 3.05) is 0 Å². The summed E-state index contributed by atoms with van der Waals surface area (Å²) in [6, 6.07) is 0. The molecule has 42 valence electrons. The van der Waals surface area contributed by atoms with Crippen LogP contribution in [0.3, 0.4) is 0 Å². The maximum absolute atomic E-state index is 9.72. The number of rotatable bonds is 2. The van der Waals surface area contributed by atoms with Crippen LogP contribution in [0.15, 0.2) is 0 Å². The van der Waals surface area contributed by atoms with Gasteiger partial charge in [0.1, 0.15) is 0 Å². The third kappa shape index (κ3) is 5.87. The van der Waals surface area contributed by atoms with Crippen molar-refractivity contribution in [3.8, 4) is 0 Å². The van der Waals surface area contributed by atoms with Gasteiger partial charge >= 0.3 is 21.5 Å². The Balaban J connectivity index is 2.82. The van der Waals surface area contributed by atoms with Crippen molar-refractivity contribution in [3.63, 3.8) is 0 Å². The third-order valence-corrected chi connectivity index (χ3v) is 0.415. The van der Waals surface area contributed by atoms with Crippen LogP contribution in [0.1, 0.15) is 6.92 Å². The highest BCUT2D eigenvalue weighted by Gasteiger charge is 1.96. The van der Waals surface area contributed by atoms with E-state index in [4.69, 9.17) is 0 Å². The summed E-state index contributed by atoms with van der Waals surface area (Å²) in [4.78, 5) is 13.5. The molecule has 0 fully saturated rings. The highest BCUT2D eigenvalue weighted by Crippen LogP contribution is 1.74. The largest absolute Gasteiger partial charge is 0.548 e. The minimum atomic E-state index is -1.07. The van der Waals surface area contributed by atoms with E-state index in [9.17, 15) is 8.99 Å². The van der Waals surface area contributed by atoms with Crippen molar-refractivity contribution in [1.29, 1.82) is 0 Å². The van der Waals surface area contributed by atoms with Gasteiger partial charge in [-0.3, -0.25) is 4.89 Å².